The van der Waals surface area contributed by atoms with Crippen LogP contribution in [0.1, 0.15) is 26.2 Å². The van der Waals surface area contributed by atoms with Gasteiger partial charge >= 0.3 is 0 Å². The molecule has 0 aromatic carbocycles. The van der Waals surface area contributed by atoms with Gasteiger partial charge in [0.25, 0.3) is 0 Å². The van der Waals surface area contributed by atoms with E-state index in [1.807, 2.05) is 34.6 Å². The number of rotatable bonds is 4. The predicted octanol–water partition coefficient (Wildman–Crippen LogP) is 1.61. The number of fused-ring (bicyclic) bond motifs is 1. The number of unbranched alkanes of at least 4 members (excludes halogenated alkanes) is 2. The van der Waals surface area contributed by atoms with E-state index < -0.39 is 0 Å². The van der Waals surface area contributed by atoms with Gasteiger partial charge in [0, 0.05) is 6.20 Å². The Balaban J connectivity index is 1.84. The molecule has 4 nitrogen and oxygen atoms in total. The molecule has 0 saturated carbocycles. The second kappa shape index (κ2) is 4.28. The molecule has 2 rings (SSSR count). The molecule has 0 fully saturated rings. The fourth-order valence-electron chi connectivity index (χ4n) is 1.48. The summed E-state index contributed by atoms with van der Waals surface area (Å²) in [6.07, 6.45) is 11.6. The van der Waals surface area contributed by atoms with Gasteiger partial charge in [-0.1, -0.05) is 25.8 Å². The van der Waals surface area contributed by atoms with Gasteiger partial charge < -0.3 is 0 Å². The van der Waals surface area contributed by atoms with Crippen LogP contribution in [-0.4, -0.2) is 22.5 Å². The van der Waals surface area contributed by atoms with Gasteiger partial charge in [-0.25, -0.2) is 10.1 Å². The Kier molecular flexibility index (Phi) is 2.84. The molecule has 0 bridgehead atoms. The zero-order valence-corrected chi connectivity index (χ0v) is 8.48. The van der Waals surface area contributed by atoms with Crippen molar-refractivity contribution in [3.05, 3.63) is 24.4 Å². The molecule has 0 radical (unpaired) electrons. The molecule has 0 aromatic heterocycles. The third-order valence-corrected chi connectivity index (χ3v) is 2.26. The molecule has 0 amide bonds. The van der Waals surface area contributed by atoms with Crippen LogP contribution in [0.3, 0.4) is 0 Å². The highest BCUT2D eigenvalue weighted by Gasteiger charge is 2.18. The Bertz CT molecular complexity index is 280. The van der Waals surface area contributed by atoms with Gasteiger partial charge in [0.05, 0.1) is 6.54 Å². The summed E-state index contributed by atoms with van der Waals surface area (Å²) >= 11 is 0. The van der Waals surface area contributed by atoms with Crippen LogP contribution in [0.15, 0.2) is 29.5 Å². The standard InChI is InChI=1S/C10H16N4/c1-2-3-5-9-14-11-10-7-4-6-8-13(10)12-14/h4,6-8,12H,2-3,5,9H2,1H3. The lowest BCUT2D eigenvalue weighted by Crippen LogP contribution is -2.39. The summed E-state index contributed by atoms with van der Waals surface area (Å²) in [6.45, 7) is 3.17. The van der Waals surface area contributed by atoms with E-state index in [-0.39, 0.29) is 0 Å². The van der Waals surface area contributed by atoms with Gasteiger partial charge in [-0.2, -0.15) is 0 Å². The van der Waals surface area contributed by atoms with Crippen molar-refractivity contribution in [2.75, 3.05) is 6.54 Å². The highest BCUT2D eigenvalue weighted by Crippen LogP contribution is 2.09. The Hall–Kier alpha value is -1.29. The zero-order valence-electron chi connectivity index (χ0n) is 8.48. The van der Waals surface area contributed by atoms with Gasteiger partial charge in [0.1, 0.15) is 0 Å². The van der Waals surface area contributed by atoms with Crippen LogP contribution in [0.2, 0.25) is 0 Å². The first kappa shape index (κ1) is 9.27. The molecule has 14 heavy (non-hydrogen) atoms. The van der Waals surface area contributed by atoms with Gasteiger partial charge in [-0.15, -0.1) is 10.6 Å². The van der Waals surface area contributed by atoms with Crippen molar-refractivity contribution >= 4 is 5.84 Å². The largest absolute Gasteiger partial charge is 0.246 e. The van der Waals surface area contributed by atoms with E-state index in [2.05, 4.69) is 17.6 Å². The number of hydrogen-bond acceptors (Lipinski definition) is 4. The molecule has 2 aliphatic heterocycles. The maximum Gasteiger partial charge on any atom is 0.170 e. The van der Waals surface area contributed by atoms with Gasteiger partial charge in [0.15, 0.2) is 5.84 Å². The van der Waals surface area contributed by atoms with Gasteiger partial charge in [0.2, 0.25) is 0 Å². The topological polar surface area (TPSA) is 30.9 Å². The quantitative estimate of drug-likeness (QED) is 0.686. The third kappa shape index (κ3) is 1.96. The summed E-state index contributed by atoms with van der Waals surface area (Å²) in [7, 11) is 0. The summed E-state index contributed by atoms with van der Waals surface area (Å²) < 4.78 is 0. The number of allylic oxidation sites excluding steroid dienone is 2. The highest BCUT2D eigenvalue weighted by atomic mass is 15.9. The number of nitrogens with zero attached hydrogens (tertiary/aromatic N) is 3. The molecule has 0 spiro atoms. The summed E-state index contributed by atoms with van der Waals surface area (Å²) in [4.78, 5) is 0. The first-order chi connectivity index (χ1) is 6.90. The first-order valence-electron chi connectivity index (χ1n) is 5.16. The number of nitrogens with one attached hydrogen (secondary N) is 1. The van der Waals surface area contributed by atoms with Crippen molar-refractivity contribution in [1.82, 2.24) is 15.7 Å². The minimum absolute atomic E-state index is 0.962. The van der Waals surface area contributed by atoms with Crippen molar-refractivity contribution in [2.45, 2.75) is 26.2 Å². The van der Waals surface area contributed by atoms with E-state index >= 15 is 0 Å². The maximum absolute atomic E-state index is 4.41. The molecule has 0 aliphatic carbocycles. The predicted molar refractivity (Wildman–Crippen MR) is 56.9 cm³/mol. The molecule has 4 heteroatoms. The molecule has 2 heterocycles. The normalized spacial score (nSPS) is 18.8. The van der Waals surface area contributed by atoms with Crippen LogP contribution in [0.25, 0.3) is 0 Å². The summed E-state index contributed by atoms with van der Waals surface area (Å²) in [5.41, 5.74) is 3.18. The molecule has 0 unspecified atom stereocenters. The lowest BCUT2D eigenvalue weighted by molar-refractivity contribution is 0.140. The van der Waals surface area contributed by atoms with Crippen LogP contribution in [0.4, 0.5) is 0 Å². The monoisotopic (exact) mass is 192 g/mol. The van der Waals surface area contributed by atoms with E-state index in [0.717, 1.165) is 12.4 Å². The maximum atomic E-state index is 4.41. The number of hydrogen-bond donors (Lipinski definition) is 1. The number of hydrazine groups is 2. The minimum atomic E-state index is 0.962. The average molecular weight is 192 g/mol. The molecular formula is C10H16N4. The summed E-state index contributed by atoms with van der Waals surface area (Å²) in [6, 6.07) is 0. The van der Waals surface area contributed by atoms with Crippen LogP contribution < -0.4 is 5.53 Å². The second-order valence-corrected chi connectivity index (χ2v) is 3.46. The molecule has 2 aliphatic rings. The molecule has 0 atom stereocenters. The lowest BCUT2D eigenvalue weighted by Gasteiger charge is -2.18. The fraction of sp³-hybridized carbons (Fsp3) is 0.500. The Morgan fingerprint density at radius 2 is 2.29 bits per heavy atom. The van der Waals surface area contributed by atoms with E-state index in [1.165, 1.54) is 19.3 Å². The molecule has 1 N–H and O–H groups in total. The van der Waals surface area contributed by atoms with E-state index in [9.17, 15) is 0 Å². The molecule has 0 aromatic rings. The van der Waals surface area contributed by atoms with E-state index in [1.54, 1.807) is 0 Å². The van der Waals surface area contributed by atoms with E-state index in [0.29, 0.717) is 0 Å². The minimum Gasteiger partial charge on any atom is -0.246 e. The molecule has 76 valence electrons. The molecule has 0 saturated heterocycles. The van der Waals surface area contributed by atoms with Crippen molar-refractivity contribution in [3.63, 3.8) is 0 Å². The SMILES string of the molecule is CCCCCN1N=C2C=CC=CN2N1. The van der Waals surface area contributed by atoms with Crippen molar-refractivity contribution < 1.29 is 0 Å². The Morgan fingerprint density at radius 3 is 3.07 bits per heavy atom. The van der Waals surface area contributed by atoms with E-state index in [4.69, 9.17) is 0 Å². The second-order valence-electron chi connectivity index (χ2n) is 3.46. The van der Waals surface area contributed by atoms with Crippen LogP contribution in [0, 0.1) is 0 Å². The van der Waals surface area contributed by atoms with Crippen molar-refractivity contribution in [2.24, 2.45) is 5.10 Å². The third-order valence-electron chi connectivity index (χ3n) is 2.26. The first-order valence-corrected chi connectivity index (χ1v) is 5.16. The van der Waals surface area contributed by atoms with Gasteiger partial charge in [-0.05, 0) is 18.6 Å². The fourth-order valence-corrected chi connectivity index (χ4v) is 1.48. The Labute approximate surface area is 84.5 Å². The van der Waals surface area contributed by atoms with Crippen molar-refractivity contribution in [3.8, 4) is 0 Å². The van der Waals surface area contributed by atoms with Crippen LogP contribution in [0.5, 0.6) is 0 Å². The summed E-state index contributed by atoms with van der Waals surface area (Å²) in [5.74, 6) is 0.962. The average Bonchev–Trinajstić information content (AvgIpc) is 2.60. The lowest BCUT2D eigenvalue weighted by atomic mass is 10.2. The van der Waals surface area contributed by atoms with Gasteiger partial charge in [-0.3, -0.25) is 0 Å². The molecular weight excluding hydrogens is 176 g/mol. The smallest absolute Gasteiger partial charge is 0.170 e. The summed E-state index contributed by atoms with van der Waals surface area (Å²) in [5, 5.41) is 8.23. The number of amidine groups is 1. The highest BCUT2D eigenvalue weighted by molar-refractivity contribution is 5.94. The zero-order chi connectivity index (χ0) is 9.80. The van der Waals surface area contributed by atoms with Crippen LogP contribution >= 0.6 is 0 Å². The number of hydrazone groups is 1. The van der Waals surface area contributed by atoms with Crippen LogP contribution in [-0.2, 0) is 0 Å². The Morgan fingerprint density at radius 1 is 1.36 bits per heavy atom. The van der Waals surface area contributed by atoms with Crippen molar-refractivity contribution in [1.29, 1.82) is 0 Å².